The van der Waals surface area contributed by atoms with E-state index in [1.807, 2.05) is 6.07 Å². The van der Waals surface area contributed by atoms with Crippen LogP contribution >= 0.6 is 0 Å². The van der Waals surface area contributed by atoms with Crippen molar-refractivity contribution in [3.63, 3.8) is 0 Å². The first kappa shape index (κ1) is 12.4. The van der Waals surface area contributed by atoms with Gasteiger partial charge in [-0.15, -0.1) is 0 Å². The van der Waals surface area contributed by atoms with E-state index in [1.165, 1.54) is 31.5 Å². The van der Waals surface area contributed by atoms with Gasteiger partial charge in [-0.05, 0) is 56.3 Å². The molecule has 0 amide bonds. The Balaban J connectivity index is 1.94. The molecule has 2 unspecified atom stereocenters. The number of anilines is 1. The second kappa shape index (κ2) is 5.54. The zero-order valence-electron chi connectivity index (χ0n) is 11.0. The summed E-state index contributed by atoms with van der Waals surface area (Å²) in [5.74, 6) is 0.854. The Hall–Kier alpha value is -1.02. The van der Waals surface area contributed by atoms with E-state index >= 15 is 0 Å². The van der Waals surface area contributed by atoms with E-state index in [2.05, 4.69) is 36.9 Å². The highest BCUT2D eigenvalue weighted by Crippen LogP contribution is 2.20. The first-order chi connectivity index (χ1) is 8.15. The minimum absolute atomic E-state index is 0.625. The van der Waals surface area contributed by atoms with E-state index < -0.39 is 0 Å². The van der Waals surface area contributed by atoms with Gasteiger partial charge in [0.05, 0.1) is 0 Å². The number of benzene rings is 1. The van der Waals surface area contributed by atoms with E-state index in [4.69, 9.17) is 5.73 Å². The third-order valence-corrected chi connectivity index (χ3v) is 3.79. The molecule has 1 fully saturated rings. The largest absolute Gasteiger partial charge is 0.399 e. The van der Waals surface area contributed by atoms with Crippen LogP contribution in [0, 0.1) is 5.92 Å². The van der Waals surface area contributed by atoms with Crippen LogP contribution in [-0.2, 0) is 6.42 Å². The molecule has 2 N–H and O–H groups in total. The number of piperidine rings is 1. The lowest BCUT2D eigenvalue weighted by molar-refractivity contribution is 0.138. The summed E-state index contributed by atoms with van der Waals surface area (Å²) in [7, 11) is 0. The minimum atomic E-state index is 0.625. The van der Waals surface area contributed by atoms with Crippen molar-refractivity contribution in [2.45, 2.75) is 39.2 Å². The van der Waals surface area contributed by atoms with Gasteiger partial charge in [-0.1, -0.05) is 19.1 Å². The van der Waals surface area contributed by atoms with Gasteiger partial charge in [0.15, 0.2) is 0 Å². The maximum absolute atomic E-state index is 5.82. The maximum Gasteiger partial charge on any atom is 0.0316 e. The van der Waals surface area contributed by atoms with E-state index in [-0.39, 0.29) is 0 Å². The fraction of sp³-hybridized carbons (Fsp3) is 0.600. The summed E-state index contributed by atoms with van der Waals surface area (Å²) in [6.45, 7) is 7.21. The number of hydrogen-bond acceptors (Lipinski definition) is 2. The second-order valence-corrected chi connectivity index (χ2v) is 5.54. The number of hydrogen-bond donors (Lipinski definition) is 1. The summed E-state index contributed by atoms with van der Waals surface area (Å²) in [6, 6.07) is 8.91. The maximum atomic E-state index is 5.82. The normalized spacial score (nSPS) is 23.5. The molecule has 1 saturated heterocycles. The van der Waals surface area contributed by atoms with Gasteiger partial charge in [-0.2, -0.15) is 0 Å². The third kappa shape index (κ3) is 3.47. The summed E-state index contributed by atoms with van der Waals surface area (Å²) in [5, 5.41) is 0. The van der Waals surface area contributed by atoms with Crippen LogP contribution in [0.1, 0.15) is 32.3 Å². The van der Waals surface area contributed by atoms with Gasteiger partial charge in [0.25, 0.3) is 0 Å². The van der Waals surface area contributed by atoms with Gasteiger partial charge < -0.3 is 10.6 Å². The molecule has 0 spiro atoms. The van der Waals surface area contributed by atoms with Crippen molar-refractivity contribution >= 4 is 5.69 Å². The Morgan fingerprint density at radius 1 is 1.47 bits per heavy atom. The molecule has 2 atom stereocenters. The molecule has 1 aromatic carbocycles. The molecular formula is C15H24N2. The van der Waals surface area contributed by atoms with E-state index in [0.717, 1.165) is 18.0 Å². The molecule has 1 aliphatic heterocycles. The summed E-state index contributed by atoms with van der Waals surface area (Å²) in [4.78, 5) is 2.62. The van der Waals surface area contributed by atoms with E-state index in [9.17, 15) is 0 Å². The van der Waals surface area contributed by atoms with Crippen LogP contribution in [0.2, 0.25) is 0 Å². The quantitative estimate of drug-likeness (QED) is 0.812. The Kier molecular flexibility index (Phi) is 4.06. The Morgan fingerprint density at radius 2 is 2.29 bits per heavy atom. The monoisotopic (exact) mass is 232 g/mol. The Morgan fingerprint density at radius 3 is 3.00 bits per heavy atom. The van der Waals surface area contributed by atoms with Crippen LogP contribution in [0.5, 0.6) is 0 Å². The minimum Gasteiger partial charge on any atom is -0.399 e. The predicted molar refractivity (Wildman–Crippen MR) is 74.0 cm³/mol. The van der Waals surface area contributed by atoms with E-state index in [1.54, 1.807) is 0 Å². The Labute approximate surface area is 105 Å². The predicted octanol–water partition coefficient (Wildman–Crippen LogP) is 2.93. The molecule has 0 saturated carbocycles. The molecule has 2 heteroatoms. The zero-order valence-corrected chi connectivity index (χ0v) is 11.0. The molecule has 0 aromatic heterocycles. The topological polar surface area (TPSA) is 29.3 Å². The second-order valence-electron chi connectivity index (χ2n) is 5.54. The lowest BCUT2D eigenvalue weighted by atomic mass is 9.97. The first-order valence-electron chi connectivity index (χ1n) is 6.73. The standard InChI is InChI=1S/C15H24N2/c1-12-5-4-8-17(11-12)13(2)9-14-6-3-7-15(16)10-14/h3,6-7,10,12-13H,4-5,8-9,11,16H2,1-2H3. The van der Waals surface area contributed by atoms with Crippen LogP contribution in [0.3, 0.4) is 0 Å². The molecule has 1 aromatic rings. The zero-order chi connectivity index (χ0) is 12.3. The lowest BCUT2D eigenvalue weighted by Gasteiger charge is -2.35. The van der Waals surface area contributed by atoms with Gasteiger partial charge in [-0.3, -0.25) is 0 Å². The van der Waals surface area contributed by atoms with Crippen molar-refractivity contribution in [1.29, 1.82) is 0 Å². The number of nitrogens with zero attached hydrogens (tertiary/aromatic N) is 1. The summed E-state index contributed by atoms with van der Waals surface area (Å²) in [5.41, 5.74) is 8.05. The summed E-state index contributed by atoms with van der Waals surface area (Å²) < 4.78 is 0. The Bertz CT molecular complexity index is 362. The molecule has 2 rings (SSSR count). The number of likely N-dealkylation sites (tertiary alicyclic amines) is 1. The fourth-order valence-corrected chi connectivity index (χ4v) is 2.82. The van der Waals surface area contributed by atoms with Gasteiger partial charge in [0, 0.05) is 18.3 Å². The smallest absolute Gasteiger partial charge is 0.0316 e. The number of nitrogens with two attached hydrogens (primary N) is 1. The van der Waals surface area contributed by atoms with Gasteiger partial charge in [0.2, 0.25) is 0 Å². The van der Waals surface area contributed by atoms with Crippen molar-refractivity contribution < 1.29 is 0 Å². The van der Waals surface area contributed by atoms with Gasteiger partial charge in [0.1, 0.15) is 0 Å². The molecule has 1 heterocycles. The number of rotatable bonds is 3. The molecular weight excluding hydrogens is 208 g/mol. The van der Waals surface area contributed by atoms with Crippen molar-refractivity contribution in [3.8, 4) is 0 Å². The van der Waals surface area contributed by atoms with Crippen LogP contribution in [0.4, 0.5) is 5.69 Å². The molecule has 1 aliphatic rings. The van der Waals surface area contributed by atoms with Crippen molar-refractivity contribution in [2.75, 3.05) is 18.8 Å². The molecule has 0 aliphatic carbocycles. The molecule has 2 nitrogen and oxygen atoms in total. The van der Waals surface area contributed by atoms with Gasteiger partial charge in [-0.25, -0.2) is 0 Å². The summed E-state index contributed by atoms with van der Waals surface area (Å²) in [6.07, 6.45) is 3.85. The fourth-order valence-electron chi connectivity index (χ4n) is 2.82. The SMILES string of the molecule is CC1CCCN(C(C)Cc2cccc(N)c2)C1. The molecule has 0 bridgehead atoms. The van der Waals surface area contributed by atoms with Crippen LogP contribution in [0.25, 0.3) is 0 Å². The molecule has 94 valence electrons. The number of nitrogen functional groups attached to an aromatic ring is 1. The highest BCUT2D eigenvalue weighted by Gasteiger charge is 2.20. The van der Waals surface area contributed by atoms with Crippen LogP contribution < -0.4 is 5.73 Å². The highest BCUT2D eigenvalue weighted by molar-refractivity contribution is 5.40. The van der Waals surface area contributed by atoms with Crippen molar-refractivity contribution in [3.05, 3.63) is 29.8 Å². The van der Waals surface area contributed by atoms with Crippen molar-refractivity contribution in [2.24, 2.45) is 5.92 Å². The molecule has 0 radical (unpaired) electrons. The van der Waals surface area contributed by atoms with Crippen LogP contribution in [-0.4, -0.2) is 24.0 Å². The average Bonchev–Trinajstić information content (AvgIpc) is 2.29. The van der Waals surface area contributed by atoms with Crippen molar-refractivity contribution in [1.82, 2.24) is 4.90 Å². The third-order valence-electron chi connectivity index (χ3n) is 3.79. The van der Waals surface area contributed by atoms with Gasteiger partial charge >= 0.3 is 0 Å². The average molecular weight is 232 g/mol. The summed E-state index contributed by atoms with van der Waals surface area (Å²) >= 11 is 0. The lowest BCUT2D eigenvalue weighted by Crippen LogP contribution is -2.41. The highest BCUT2D eigenvalue weighted by atomic mass is 15.2. The van der Waals surface area contributed by atoms with E-state index in [0.29, 0.717) is 6.04 Å². The molecule has 17 heavy (non-hydrogen) atoms. The van der Waals surface area contributed by atoms with Crippen LogP contribution in [0.15, 0.2) is 24.3 Å². The first-order valence-corrected chi connectivity index (χ1v) is 6.73.